The summed E-state index contributed by atoms with van der Waals surface area (Å²) in [5.41, 5.74) is 0.731. The fourth-order valence-corrected chi connectivity index (χ4v) is 4.89. The maximum absolute atomic E-state index is 13.3. The fourth-order valence-electron chi connectivity index (χ4n) is 3.93. The van der Waals surface area contributed by atoms with Crippen LogP contribution in [0.5, 0.6) is 0 Å². The molecule has 0 aliphatic rings. The summed E-state index contributed by atoms with van der Waals surface area (Å²) in [5.74, 6) is -0.647. The number of amides is 2. The normalized spacial score (nSPS) is 12.6. The van der Waals surface area contributed by atoms with Crippen molar-refractivity contribution in [3.63, 3.8) is 0 Å². The van der Waals surface area contributed by atoms with Gasteiger partial charge >= 0.3 is 6.18 Å². The molecule has 2 aromatic carbocycles. The summed E-state index contributed by atoms with van der Waals surface area (Å²) in [5, 5.41) is 2.84. The van der Waals surface area contributed by atoms with Crippen molar-refractivity contribution in [2.24, 2.45) is 0 Å². The van der Waals surface area contributed by atoms with E-state index in [1.807, 2.05) is 38.1 Å². The Labute approximate surface area is 223 Å². The van der Waals surface area contributed by atoms with Crippen molar-refractivity contribution in [1.29, 1.82) is 0 Å². The molecule has 0 aromatic heterocycles. The Balaban J connectivity index is 2.20. The van der Waals surface area contributed by atoms with Crippen LogP contribution in [0.15, 0.2) is 48.5 Å². The molecular weight excluding hydrogens is 519 g/mol. The number of nitrogens with one attached hydrogen (secondary N) is 1. The number of nitrogens with zero attached hydrogens (tertiary/aromatic N) is 2. The van der Waals surface area contributed by atoms with Crippen molar-refractivity contribution < 1.29 is 31.2 Å². The van der Waals surface area contributed by atoms with E-state index in [0.29, 0.717) is 6.54 Å². The zero-order valence-corrected chi connectivity index (χ0v) is 23.0. The van der Waals surface area contributed by atoms with E-state index in [9.17, 15) is 31.2 Å². The zero-order chi connectivity index (χ0) is 28.5. The lowest BCUT2D eigenvalue weighted by molar-refractivity contribution is -0.140. The molecular formula is C27H36F3N3O4S. The van der Waals surface area contributed by atoms with E-state index < -0.39 is 27.8 Å². The molecule has 210 valence electrons. The van der Waals surface area contributed by atoms with Gasteiger partial charge in [0.25, 0.3) is 0 Å². The molecule has 0 spiro atoms. The number of carbonyl (C=O) groups excluding carboxylic acids is 2. The van der Waals surface area contributed by atoms with E-state index in [1.165, 1.54) is 11.0 Å². The zero-order valence-electron chi connectivity index (χ0n) is 22.2. The quantitative estimate of drug-likeness (QED) is 0.357. The number of rotatable bonds is 13. The summed E-state index contributed by atoms with van der Waals surface area (Å²) in [7, 11) is -3.92. The molecule has 11 heteroatoms. The minimum absolute atomic E-state index is 0.0522. The molecule has 0 heterocycles. The highest BCUT2D eigenvalue weighted by atomic mass is 32.2. The number of benzene rings is 2. The molecule has 0 saturated carbocycles. The second kappa shape index (κ2) is 13.6. The van der Waals surface area contributed by atoms with Gasteiger partial charge in [-0.05, 0) is 56.0 Å². The van der Waals surface area contributed by atoms with Gasteiger partial charge in [0.2, 0.25) is 21.8 Å². The molecule has 0 aliphatic heterocycles. The largest absolute Gasteiger partial charge is 0.416 e. The number of hydrogen-bond donors (Lipinski definition) is 1. The Morgan fingerprint density at radius 2 is 1.74 bits per heavy atom. The lowest BCUT2D eigenvalue weighted by Gasteiger charge is -2.30. The van der Waals surface area contributed by atoms with Crippen molar-refractivity contribution in [3.8, 4) is 0 Å². The van der Waals surface area contributed by atoms with E-state index in [-0.39, 0.29) is 43.4 Å². The average Bonchev–Trinajstić information content (AvgIpc) is 2.84. The topological polar surface area (TPSA) is 86.8 Å². The van der Waals surface area contributed by atoms with Crippen LogP contribution in [0, 0.1) is 6.92 Å². The summed E-state index contributed by atoms with van der Waals surface area (Å²) in [4.78, 5) is 27.5. The van der Waals surface area contributed by atoms with E-state index in [2.05, 4.69) is 5.32 Å². The molecule has 0 unspecified atom stereocenters. The first kappa shape index (κ1) is 31.1. The van der Waals surface area contributed by atoms with Crippen LogP contribution in [-0.4, -0.2) is 50.5 Å². The summed E-state index contributed by atoms with van der Waals surface area (Å²) < 4.78 is 65.2. The highest BCUT2D eigenvalue weighted by Gasteiger charge is 2.32. The number of alkyl halides is 3. The van der Waals surface area contributed by atoms with Gasteiger partial charge < -0.3 is 10.2 Å². The number of hydrogen-bond acceptors (Lipinski definition) is 4. The maximum Gasteiger partial charge on any atom is 0.416 e. The van der Waals surface area contributed by atoms with E-state index in [4.69, 9.17) is 0 Å². The van der Waals surface area contributed by atoms with Crippen molar-refractivity contribution in [2.45, 2.75) is 65.2 Å². The second-order valence-electron chi connectivity index (χ2n) is 9.26. The van der Waals surface area contributed by atoms with Crippen LogP contribution in [0.2, 0.25) is 0 Å². The highest BCUT2D eigenvalue weighted by Crippen LogP contribution is 2.32. The minimum Gasteiger partial charge on any atom is -0.354 e. The van der Waals surface area contributed by atoms with Crippen molar-refractivity contribution >= 4 is 27.5 Å². The van der Waals surface area contributed by atoms with Crippen LogP contribution in [-0.2, 0) is 32.3 Å². The van der Waals surface area contributed by atoms with Gasteiger partial charge in [0, 0.05) is 26.1 Å². The van der Waals surface area contributed by atoms with E-state index in [1.54, 1.807) is 6.92 Å². The Bertz CT molecular complexity index is 1200. The molecule has 38 heavy (non-hydrogen) atoms. The summed E-state index contributed by atoms with van der Waals surface area (Å²) in [6, 6.07) is 10.8. The number of sulfonamides is 1. The maximum atomic E-state index is 13.3. The molecule has 2 amide bonds. The number of aryl methyl sites for hydroxylation is 1. The molecule has 7 nitrogen and oxygen atoms in total. The van der Waals surface area contributed by atoms with E-state index >= 15 is 0 Å². The summed E-state index contributed by atoms with van der Waals surface area (Å²) in [6.45, 7) is 6.04. The number of halogens is 3. The standard InChI is InChI=1S/C27H36F3N3O4S/c1-5-6-16-31-26(35)21(3)32(19-22-12-8-7-11-20(22)2)25(34)15-10-17-33(38(4,36)37)24-14-9-13-23(18-24)27(28,29)30/h7-9,11-14,18,21H,5-6,10,15-17,19H2,1-4H3,(H,31,35)/t21-/m0/s1. The predicted molar refractivity (Wildman–Crippen MR) is 142 cm³/mol. The van der Waals surface area contributed by atoms with Crippen LogP contribution in [0.1, 0.15) is 56.2 Å². The van der Waals surface area contributed by atoms with Crippen LogP contribution in [0.4, 0.5) is 18.9 Å². The van der Waals surface area contributed by atoms with Crippen molar-refractivity contribution in [2.75, 3.05) is 23.7 Å². The fraction of sp³-hybridized carbons (Fsp3) is 0.481. The van der Waals surface area contributed by atoms with Gasteiger partial charge in [-0.25, -0.2) is 8.42 Å². The Kier molecular flexibility index (Phi) is 11.2. The molecule has 0 radical (unpaired) electrons. The van der Waals surface area contributed by atoms with Crippen molar-refractivity contribution in [3.05, 3.63) is 65.2 Å². The van der Waals surface area contributed by atoms with Crippen LogP contribution in [0.25, 0.3) is 0 Å². The summed E-state index contributed by atoms with van der Waals surface area (Å²) >= 11 is 0. The van der Waals surface area contributed by atoms with Crippen LogP contribution in [0.3, 0.4) is 0 Å². The molecule has 0 bridgehead atoms. The molecule has 0 fully saturated rings. The number of unbranched alkanes of at least 4 members (excludes halogenated alkanes) is 1. The van der Waals surface area contributed by atoms with Gasteiger partial charge in [0.15, 0.2) is 0 Å². The SMILES string of the molecule is CCCCNC(=O)[C@H](C)N(Cc1ccccc1C)C(=O)CCCN(c1cccc(C(F)(F)F)c1)S(C)(=O)=O. The van der Waals surface area contributed by atoms with Gasteiger partial charge in [0.1, 0.15) is 6.04 Å². The first-order valence-electron chi connectivity index (χ1n) is 12.5. The van der Waals surface area contributed by atoms with Crippen LogP contribution < -0.4 is 9.62 Å². The lowest BCUT2D eigenvalue weighted by atomic mass is 10.1. The van der Waals surface area contributed by atoms with Gasteiger partial charge in [-0.3, -0.25) is 13.9 Å². The molecule has 0 aliphatic carbocycles. The number of anilines is 1. The highest BCUT2D eigenvalue weighted by molar-refractivity contribution is 7.92. The molecule has 0 saturated heterocycles. The average molecular weight is 556 g/mol. The third-order valence-electron chi connectivity index (χ3n) is 6.21. The third kappa shape index (κ3) is 9.04. The monoisotopic (exact) mass is 555 g/mol. The van der Waals surface area contributed by atoms with Gasteiger partial charge in [-0.2, -0.15) is 13.2 Å². The number of carbonyl (C=O) groups is 2. The first-order valence-corrected chi connectivity index (χ1v) is 14.4. The third-order valence-corrected chi connectivity index (χ3v) is 7.41. The lowest BCUT2D eigenvalue weighted by Crippen LogP contribution is -2.48. The van der Waals surface area contributed by atoms with E-state index in [0.717, 1.165) is 52.7 Å². The second-order valence-corrected chi connectivity index (χ2v) is 11.2. The first-order chi connectivity index (χ1) is 17.8. The Hall–Kier alpha value is -3.08. The minimum atomic E-state index is -4.63. The van der Waals surface area contributed by atoms with Gasteiger partial charge in [-0.15, -0.1) is 0 Å². The molecule has 1 atom stereocenters. The Morgan fingerprint density at radius 1 is 1.05 bits per heavy atom. The van der Waals surface area contributed by atoms with Gasteiger partial charge in [-0.1, -0.05) is 43.7 Å². The summed E-state index contributed by atoms with van der Waals surface area (Å²) in [6.07, 6.45) is -2.05. The molecule has 2 aromatic rings. The predicted octanol–water partition coefficient (Wildman–Crippen LogP) is 4.89. The molecule has 1 N–H and O–H groups in total. The smallest absolute Gasteiger partial charge is 0.354 e. The van der Waals surface area contributed by atoms with Crippen molar-refractivity contribution in [1.82, 2.24) is 10.2 Å². The van der Waals surface area contributed by atoms with Gasteiger partial charge in [0.05, 0.1) is 17.5 Å². The Morgan fingerprint density at radius 3 is 2.34 bits per heavy atom. The molecule has 2 rings (SSSR count). The van der Waals surface area contributed by atoms with Crippen LogP contribution >= 0.6 is 0 Å².